The van der Waals surface area contributed by atoms with Gasteiger partial charge >= 0.3 is 0 Å². The Bertz CT molecular complexity index is 420. The first-order valence-corrected chi connectivity index (χ1v) is 6.69. The maximum Gasteiger partial charge on any atom is 0.123 e. The van der Waals surface area contributed by atoms with E-state index in [1.807, 2.05) is 0 Å². The molecule has 0 aromatic heterocycles. The number of nitriles is 1. The van der Waals surface area contributed by atoms with Crippen LogP contribution in [0.15, 0.2) is 24.3 Å². The zero-order valence-corrected chi connectivity index (χ0v) is 11.7. The molecule has 0 saturated heterocycles. The third kappa shape index (κ3) is 5.27. The summed E-state index contributed by atoms with van der Waals surface area (Å²) in [6, 6.07) is 8.64. The Morgan fingerprint density at radius 2 is 1.95 bits per heavy atom. The molecule has 0 spiro atoms. The molecule has 0 heterocycles. The van der Waals surface area contributed by atoms with E-state index >= 15 is 0 Å². The number of unbranched alkanes of at least 4 members (excludes halogenated alkanes) is 1. The summed E-state index contributed by atoms with van der Waals surface area (Å²) in [5.74, 6) is -0.215. The summed E-state index contributed by atoms with van der Waals surface area (Å²) >= 11 is 0. The Kier molecular flexibility index (Phi) is 5.78. The predicted octanol–water partition coefficient (Wildman–Crippen LogP) is 3.06. The van der Waals surface area contributed by atoms with Gasteiger partial charge in [-0.3, -0.25) is 0 Å². The lowest BCUT2D eigenvalue weighted by Gasteiger charge is -2.23. The van der Waals surface area contributed by atoms with E-state index in [0.29, 0.717) is 6.42 Å². The molecule has 104 valence electrons. The molecular formula is C15H22FN3. The Labute approximate surface area is 114 Å². The van der Waals surface area contributed by atoms with Crippen molar-refractivity contribution in [3.05, 3.63) is 30.1 Å². The van der Waals surface area contributed by atoms with Crippen molar-refractivity contribution in [1.82, 2.24) is 0 Å². The molecule has 19 heavy (non-hydrogen) atoms. The molecule has 0 amide bonds. The van der Waals surface area contributed by atoms with E-state index in [4.69, 9.17) is 11.0 Å². The lowest BCUT2D eigenvalue weighted by Crippen LogP contribution is -2.34. The minimum absolute atomic E-state index is 0.215. The Morgan fingerprint density at radius 3 is 2.47 bits per heavy atom. The van der Waals surface area contributed by atoms with Crippen LogP contribution in [-0.4, -0.2) is 18.6 Å². The molecule has 4 heteroatoms. The molecule has 1 atom stereocenters. The van der Waals surface area contributed by atoms with Crippen LogP contribution in [0.2, 0.25) is 0 Å². The Hall–Kier alpha value is -1.60. The SMILES string of the molecule is CCN(CCCCC(C)(N)C#N)c1ccc(F)cc1. The van der Waals surface area contributed by atoms with E-state index in [1.165, 1.54) is 12.1 Å². The van der Waals surface area contributed by atoms with Crippen LogP contribution in [0.5, 0.6) is 0 Å². The van der Waals surface area contributed by atoms with Crippen LogP contribution >= 0.6 is 0 Å². The number of rotatable bonds is 7. The second-order valence-electron chi connectivity index (χ2n) is 5.04. The van der Waals surface area contributed by atoms with Crippen LogP contribution in [0, 0.1) is 17.1 Å². The van der Waals surface area contributed by atoms with Crippen LogP contribution in [0.3, 0.4) is 0 Å². The van der Waals surface area contributed by atoms with Gasteiger partial charge in [0.25, 0.3) is 0 Å². The van der Waals surface area contributed by atoms with Crippen molar-refractivity contribution >= 4 is 5.69 Å². The maximum absolute atomic E-state index is 12.9. The number of nitrogens with zero attached hydrogens (tertiary/aromatic N) is 2. The highest BCUT2D eigenvalue weighted by Crippen LogP contribution is 2.16. The quantitative estimate of drug-likeness (QED) is 0.769. The number of nitrogens with two attached hydrogens (primary N) is 1. The van der Waals surface area contributed by atoms with Crippen LogP contribution in [0.4, 0.5) is 10.1 Å². The first-order chi connectivity index (χ1) is 8.98. The molecule has 2 N–H and O–H groups in total. The number of halogens is 1. The van der Waals surface area contributed by atoms with Gasteiger partial charge in [0.15, 0.2) is 0 Å². The first kappa shape index (κ1) is 15.5. The summed E-state index contributed by atoms with van der Waals surface area (Å²) < 4.78 is 12.9. The van der Waals surface area contributed by atoms with Crippen molar-refractivity contribution < 1.29 is 4.39 Å². The van der Waals surface area contributed by atoms with Crippen LogP contribution in [0.1, 0.15) is 33.1 Å². The summed E-state index contributed by atoms with van der Waals surface area (Å²) in [6.45, 7) is 5.60. The molecule has 1 aromatic carbocycles. The van der Waals surface area contributed by atoms with Gasteiger partial charge in [0.05, 0.1) is 6.07 Å². The van der Waals surface area contributed by atoms with Gasteiger partial charge < -0.3 is 10.6 Å². The fourth-order valence-electron chi connectivity index (χ4n) is 1.97. The van der Waals surface area contributed by atoms with Gasteiger partial charge in [-0.1, -0.05) is 0 Å². The number of benzene rings is 1. The smallest absolute Gasteiger partial charge is 0.123 e. The molecule has 0 bridgehead atoms. The third-order valence-electron chi connectivity index (χ3n) is 3.20. The Morgan fingerprint density at radius 1 is 1.32 bits per heavy atom. The minimum Gasteiger partial charge on any atom is -0.372 e. The molecule has 3 nitrogen and oxygen atoms in total. The van der Waals surface area contributed by atoms with E-state index in [0.717, 1.165) is 31.6 Å². The van der Waals surface area contributed by atoms with Crippen molar-refractivity contribution in [2.75, 3.05) is 18.0 Å². The molecule has 0 fully saturated rings. The van der Waals surface area contributed by atoms with Gasteiger partial charge in [-0.2, -0.15) is 5.26 Å². The molecule has 0 aliphatic rings. The average molecular weight is 263 g/mol. The van der Waals surface area contributed by atoms with Crippen LogP contribution in [-0.2, 0) is 0 Å². The molecule has 0 aliphatic heterocycles. The highest BCUT2D eigenvalue weighted by molar-refractivity contribution is 5.45. The molecule has 0 radical (unpaired) electrons. The maximum atomic E-state index is 12.9. The number of anilines is 1. The van der Waals surface area contributed by atoms with Crippen molar-refractivity contribution in [3.63, 3.8) is 0 Å². The number of hydrogen-bond acceptors (Lipinski definition) is 3. The van der Waals surface area contributed by atoms with E-state index in [2.05, 4.69) is 17.9 Å². The second-order valence-corrected chi connectivity index (χ2v) is 5.04. The summed E-state index contributed by atoms with van der Waals surface area (Å²) in [7, 11) is 0. The summed E-state index contributed by atoms with van der Waals surface area (Å²) in [5.41, 5.74) is 6.08. The molecule has 1 rings (SSSR count). The fourth-order valence-corrected chi connectivity index (χ4v) is 1.97. The van der Waals surface area contributed by atoms with Crippen LogP contribution < -0.4 is 10.6 Å². The standard InChI is InChI=1S/C15H22FN3/c1-3-19(14-8-6-13(16)7-9-14)11-5-4-10-15(2,18)12-17/h6-9H,3-5,10-11,18H2,1-2H3. The predicted molar refractivity (Wildman–Crippen MR) is 76.3 cm³/mol. The van der Waals surface area contributed by atoms with Crippen molar-refractivity contribution in [3.8, 4) is 6.07 Å². The third-order valence-corrected chi connectivity index (χ3v) is 3.20. The summed E-state index contributed by atoms with van der Waals surface area (Å²) in [5, 5.41) is 8.83. The summed E-state index contributed by atoms with van der Waals surface area (Å²) in [6.07, 6.45) is 2.59. The topological polar surface area (TPSA) is 53.0 Å². The lowest BCUT2D eigenvalue weighted by atomic mass is 9.98. The van der Waals surface area contributed by atoms with E-state index in [-0.39, 0.29) is 5.82 Å². The van der Waals surface area contributed by atoms with Gasteiger partial charge in [0, 0.05) is 18.8 Å². The van der Waals surface area contributed by atoms with E-state index in [1.54, 1.807) is 19.1 Å². The zero-order chi connectivity index (χ0) is 14.3. The Balaban J connectivity index is 2.42. The monoisotopic (exact) mass is 263 g/mol. The van der Waals surface area contributed by atoms with Gasteiger partial charge in [0.2, 0.25) is 0 Å². The molecule has 1 unspecified atom stereocenters. The minimum atomic E-state index is -0.729. The van der Waals surface area contributed by atoms with Crippen molar-refractivity contribution in [2.45, 2.75) is 38.6 Å². The second kappa shape index (κ2) is 7.10. The number of hydrogen-bond donors (Lipinski definition) is 1. The molecule has 0 saturated carbocycles. The van der Waals surface area contributed by atoms with Gasteiger partial charge in [-0.15, -0.1) is 0 Å². The largest absolute Gasteiger partial charge is 0.372 e. The van der Waals surface area contributed by atoms with Gasteiger partial charge in [-0.05, 0) is 57.4 Å². The normalized spacial score (nSPS) is 13.6. The van der Waals surface area contributed by atoms with Crippen molar-refractivity contribution in [2.24, 2.45) is 5.73 Å². The van der Waals surface area contributed by atoms with Gasteiger partial charge in [0.1, 0.15) is 11.4 Å². The average Bonchev–Trinajstić information content (AvgIpc) is 2.40. The van der Waals surface area contributed by atoms with E-state index in [9.17, 15) is 4.39 Å². The molecular weight excluding hydrogens is 241 g/mol. The van der Waals surface area contributed by atoms with Crippen LogP contribution in [0.25, 0.3) is 0 Å². The summed E-state index contributed by atoms with van der Waals surface area (Å²) in [4.78, 5) is 2.19. The molecule has 1 aromatic rings. The lowest BCUT2D eigenvalue weighted by molar-refractivity contribution is 0.507. The van der Waals surface area contributed by atoms with Crippen molar-refractivity contribution in [1.29, 1.82) is 5.26 Å². The zero-order valence-electron chi connectivity index (χ0n) is 11.7. The first-order valence-electron chi connectivity index (χ1n) is 6.69. The molecule has 0 aliphatic carbocycles. The fraction of sp³-hybridized carbons (Fsp3) is 0.533. The highest BCUT2D eigenvalue weighted by atomic mass is 19.1. The van der Waals surface area contributed by atoms with Gasteiger partial charge in [-0.25, -0.2) is 4.39 Å². The highest BCUT2D eigenvalue weighted by Gasteiger charge is 2.16. The van der Waals surface area contributed by atoms with E-state index < -0.39 is 5.54 Å².